The number of benzene rings is 1. The topological polar surface area (TPSA) is 88.6 Å². The minimum absolute atomic E-state index is 0.0289. The zero-order valence-corrected chi connectivity index (χ0v) is 16.9. The second kappa shape index (κ2) is 9.16. The van der Waals surface area contributed by atoms with Crippen LogP contribution in [0.1, 0.15) is 19.4 Å². The standard InChI is InChI=1S/C18H22ClN3O4S/c1-13(2)26-18-9-4-14(11-21-18)10-20-17(23)12-22(3)27(24,25)16-7-5-15(19)6-8-16/h4-9,11,13H,10,12H2,1-3H3,(H,20,23). The van der Waals surface area contributed by atoms with Crippen molar-refractivity contribution in [2.24, 2.45) is 0 Å². The van der Waals surface area contributed by atoms with E-state index in [4.69, 9.17) is 16.3 Å². The van der Waals surface area contributed by atoms with E-state index in [1.165, 1.54) is 31.3 Å². The van der Waals surface area contributed by atoms with Crippen molar-refractivity contribution in [2.75, 3.05) is 13.6 Å². The van der Waals surface area contributed by atoms with Gasteiger partial charge in [0, 0.05) is 30.9 Å². The van der Waals surface area contributed by atoms with Crippen molar-refractivity contribution in [2.45, 2.75) is 31.4 Å². The molecule has 146 valence electrons. The van der Waals surface area contributed by atoms with Crippen molar-refractivity contribution in [3.05, 3.63) is 53.2 Å². The van der Waals surface area contributed by atoms with Crippen molar-refractivity contribution in [1.82, 2.24) is 14.6 Å². The molecule has 0 radical (unpaired) electrons. The van der Waals surface area contributed by atoms with E-state index in [0.717, 1.165) is 9.87 Å². The molecule has 0 aliphatic heterocycles. The zero-order valence-electron chi connectivity index (χ0n) is 15.3. The van der Waals surface area contributed by atoms with Gasteiger partial charge in [-0.3, -0.25) is 4.79 Å². The molecule has 0 aliphatic rings. The molecule has 0 spiro atoms. The van der Waals surface area contributed by atoms with E-state index < -0.39 is 15.9 Å². The van der Waals surface area contributed by atoms with Gasteiger partial charge in [-0.25, -0.2) is 13.4 Å². The Balaban J connectivity index is 1.90. The first-order valence-corrected chi connectivity index (χ1v) is 10.1. The van der Waals surface area contributed by atoms with Gasteiger partial charge in [0.2, 0.25) is 21.8 Å². The lowest BCUT2D eigenvalue weighted by Gasteiger charge is -2.17. The van der Waals surface area contributed by atoms with Gasteiger partial charge in [0.25, 0.3) is 0 Å². The number of amides is 1. The highest BCUT2D eigenvalue weighted by atomic mass is 35.5. The highest BCUT2D eigenvalue weighted by molar-refractivity contribution is 7.89. The molecule has 1 heterocycles. The normalized spacial score (nSPS) is 11.6. The maximum absolute atomic E-state index is 12.5. The quantitative estimate of drug-likeness (QED) is 0.720. The third-order valence-corrected chi connectivity index (χ3v) is 5.60. The molecule has 0 saturated heterocycles. The summed E-state index contributed by atoms with van der Waals surface area (Å²) >= 11 is 5.77. The molecule has 27 heavy (non-hydrogen) atoms. The van der Waals surface area contributed by atoms with Crippen LogP contribution < -0.4 is 10.1 Å². The van der Waals surface area contributed by atoms with Crippen LogP contribution in [-0.2, 0) is 21.4 Å². The molecular weight excluding hydrogens is 390 g/mol. The number of nitrogens with zero attached hydrogens (tertiary/aromatic N) is 2. The van der Waals surface area contributed by atoms with E-state index >= 15 is 0 Å². The predicted molar refractivity (Wildman–Crippen MR) is 103 cm³/mol. The molecule has 0 fully saturated rings. The van der Waals surface area contributed by atoms with E-state index in [0.29, 0.717) is 10.9 Å². The Kier molecular flexibility index (Phi) is 7.18. The number of ether oxygens (including phenoxy) is 1. The van der Waals surface area contributed by atoms with Gasteiger partial charge in [-0.05, 0) is 43.7 Å². The molecule has 1 amide bonds. The fraction of sp³-hybridized carbons (Fsp3) is 0.333. The van der Waals surface area contributed by atoms with Crippen LogP contribution in [-0.4, -0.2) is 43.3 Å². The molecule has 9 heteroatoms. The van der Waals surface area contributed by atoms with E-state index in [-0.39, 0.29) is 24.1 Å². The molecule has 1 N–H and O–H groups in total. The fourth-order valence-electron chi connectivity index (χ4n) is 2.16. The van der Waals surface area contributed by atoms with E-state index in [1.54, 1.807) is 18.3 Å². The van der Waals surface area contributed by atoms with E-state index in [1.807, 2.05) is 13.8 Å². The first-order chi connectivity index (χ1) is 12.7. The monoisotopic (exact) mass is 411 g/mol. The molecule has 0 saturated carbocycles. The number of likely N-dealkylation sites (N-methyl/N-ethyl adjacent to an activating group) is 1. The van der Waals surface area contributed by atoms with Crippen LogP contribution in [0.15, 0.2) is 47.5 Å². The summed E-state index contributed by atoms with van der Waals surface area (Å²) in [7, 11) is -2.42. The number of carbonyl (C=O) groups excluding carboxylic acids is 1. The summed E-state index contributed by atoms with van der Waals surface area (Å²) in [4.78, 5) is 16.3. The summed E-state index contributed by atoms with van der Waals surface area (Å²) in [6, 6.07) is 9.29. The number of sulfonamides is 1. The second-order valence-corrected chi connectivity index (χ2v) is 8.64. The Morgan fingerprint density at radius 1 is 1.22 bits per heavy atom. The number of pyridine rings is 1. The lowest BCUT2D eigenvalue weighted by Crippen LogP contribution is -2.38. The molecule has 2 aromatic rings. The largest absolute Gasteiger partial charge is 0.475 e. The van der Waals surface area contributed by atoms with Gasteiger partial charge in [0.1, 0.15) is 0 Å². The number of nitrogens with one attached hydrogen (secondary N) is 1. The summed E-state index contributed by atoms with van der Waals surface area (Å²) in [5.74, 6) is 0.0893. The first-order valence-electron chi connectivity index (χ1n) is 8.28. The van der Waals surface area contributed by atoms with Crippen molar-refractivity contribution in [1.29, 1.82) is 0 Å². The number of hydrogen-bond acceptors (Lipinski definition) is 5. The van der Waals surface area contributed by atoms with Crippen LogP contribution in [0.4, 0.5) is 0 Å². The summed E-state index contributed by atoms with van der Waals surface area (Å²) < 4.78 is 31.4. The lowest BCUT2D eigenvalue weighted by molar-refractivity contribution is -0.121. The Morgan fingerprint density at radius 3 is 2.44 bits per heavy atom. The molecule has 1 aromatic heterocycles. The summed E-state index contributed by atoms with van der Waals surface area (Å²) in [6.45, 7) is 3.75. The average molecular weight is 412 g/mol. The van der Waals surface area contributed by atoms with E-state index in [9.17, 15) is 13.2 Å². The Hall–Kier alpha value is -2.16. The molecule has 0 unspecified atom stereocenters. The minimum atomic E-state index is -3.77. The summed E-state index contributed by atoms with van der Waals surface area (Å²) in [5.41, 5.74) is 0.780. The van der Waals surface area contributed by atoms with Crippen LogP contribution in [0.5, 0.6) is 5.88 Å². The van der Waals surface area contributed by atoms with Crippen molar-refractivity contribution in [3.63, 3.8) is 0 Å². The Morgan fingerprint density at radius 2 is 1.89 bits per heavy atom. The Labute approximate surface area is 164 Å². The molecule has 0 atom stereocenters. The Bertz CT molecular complexity index is 868. The molecule has 0 bridgehead atoms. The van der Waals surface area contributed by atoms with Crippen LogP contribution in [0.2, 0.25) is 5.02 Å². The third kappa shape index (κ3) is 6.20. The highest BCUT2D eigenvalue weighted by Gasteiger charge is 2.22. The van der Waals surface area contributed by atoms with Gasteiger partial charge < -0.3 is 10.1 Å². The van der Waals surface area contributed by atoms with Crippen LogP contribution in [0, 0.1) is 0 Å². The van der Waals surface area contributed by atoms with Gasteiger partial charge in [0.15, 0.2) is 0 Å². The van der Waals surface area contributed by atoms with Gasteiger partial charge in [0.05, 0.1) is 17.5 Å². The second-order valence-electron chi connectivity index (χ2n) is 6.16. The van der Waals surface area contributed by atoms with Gasteiger partial charge >= 0.3 is 0 Å². The van der Waals surface area contributed by atoms with Crippen molar-refractivity contribution in [3.8, 4) is 5.88 Å². The fourth-order valence-corrected chi connectivity index (χ4v) is 3.41. The van der Waals surface area contributed by atoms with Gasteiger partial charge in [-0.1, -0.05) is 17.7 Å². The zero-order chi connectivity index (χ0) is 20.0. The maximum atomic E-state index is 12.5. The van der Waals surface area contributed by atoms with Crippen LogP contribution in [0.25, 0.3) is 0 Å². The molecule has 7 nitrogen and oxygen atoms in total. The van der Waals surface area contributed by atoms with Gasteiger partial charge in [-0.15, -0.1) is 0 Å². The lowest BCUT2D eigenvalue weighted by atomic mass is 10.3. The first kappa shape index (κ1) is 21.1. The molecule has 1 aromatic carbocycles. The van der Waals surface area contributed by atoms with Crippen LogP contribution in [0.3, 0.4) is 0 Å². The molecular formula is C18H22ClN3O4S. The van der Waals surface area contributed by atoms with E-state index in [2.05, 4.69) is 10.3 Å². The predicted octanol–water partition coefficient (Wildman–Crippen LogP) is 2.46. The summed E-state index contributed by atoms with van der Waals surface area (Å²) in [6.07, 6.45) is 1.63. The SMILES string of the molecule is CC(C)Oc1ccc(CNC(=O)CN(C)S(=O)(=O)c2ccc(Cl)cc2)cn1. The number of halogens is 1. The number of hydrogen-bond donors (Lipinski definition) is 1. The third-order valence-electron chi connectivity index (χ3n) is 3.53. The number of aromatic nitrogens is 1. The number of carbonyl (C=O) groups is 1. The number of rotatable bonds is 8. The van der Waals surface area contributed by atoms with Gasteiger partial charge in [-0.2, -0.15) is 4.31 Å². The maximum Gasteiger partial charge on any atom is 0.243 e. The average Bonchev–Trinajstić information content (AvgIpc) is 2.61. The smallest absolute Gasteiger partial charge is 0.243 e. The van der Waals surface area contributed by atoms with Crippen molar-refractivity contribution < 1.29 is 17.9 Å². The van der Waals surface area contributed by atoms with Crippen LogP contribution >= 0.6 is 11.6 Å². The summed E-state index contributed by atoms with van der Waals surface area (Å²) in [5, 5.41) is 3.11. The van der Waals surface area contributed by atoms with Crippen molar-refractivity contribution >= 4 is 27.5 Å². The minimum Gasteiger partial charge on any atom is -0.475 e. The molecule has 0 aliphatic carbocycles. The molecule has 2 rings (SSSR count). The highest BCUT2D eigenvalue weighted by Crippen LogP contribution is 2.17.